The molecule has 0 amide bonds. The Morgan fingerprint density at radius 1 is 1.03 bits per heavy atom. The lowest BCUT2D eigenvalue weighted by Crippen LogP contribution is -2.44. The van der Waals surface area contributed by atoms with E-state index in [-0.39, 0.29) is 4.90 Å². The van der Waals surface area contributed by atoms with Gasteiger partial charge in [0.1, 0.15) is 5.75 Å². The van der Waals surface area contributed by atoms with E-state index in [0.717, 1.165) is 37.3 Å². The van der Waals surface area contributed by atoms with Crippen molar-refractivity contribution in [2.45, 2.75) is 25.2 Å². The number of rotatable bonds is 8. The van der Waals surface area contributed by atoms with Crippen LogP contribution in [0.2, 0.25) is 0 Å². The number of likely N-dealkylation sites (N-methyl/N-ethyl adjacent to an activating group) is 1. The molecule has 0 radical (unpaired) electrons. The minimum atomic E-state index is -3.53. The minimum Gasteiger partial charge on any atom is -0.494 e. The fourth-order valence-corrected chi connectivity index (χ4v) is 4.57. The van der Waals surface area contributed by atoms with Gasteiger partial charge in [0.15, 0.2) is 0 Å². The van der Waals surface area contributed by atoms with Crippen LogP contribution in [0.1, 0.15) is 18.1 Å². The smallest absolute Gasteiger partial charge is 0.240 e. The van der Waals surface area contributed by atoms with Gasteiger partial charge in [0, 0.05) is 38.4 Å². The van der Waals surface area contributed by atoms with Gasteiger partial charge in [-0.25, -0.2) is 13.1 Å². The van der Waals surface area contributed by atoms with Gasteiger partial charge in [-0.1, -0.05) is 12.1 Å². The summed E-state index contributed by atoms with van der Waals surface area (Å²) in [6, 6.07) is 13.4. The molecule has 29 heavy (non-hydrogen) atoms. The third-order valence-corrected chi connectivity index (χ3v) is 6.73. The first-order valence-electron chi connectivity index (χ1n) is 10.1. The maximum atomic E-state index is 12.6. The minimum absolute atomic E-state index is 0.267. The van der Waals surface area contributed by atoms with E-state index in [2.05, 4.69) is 45.8 Å². The molecule has 0 aliphatic carbocycles. The van der Waals surface area contributed by atoms with E-state index in [4.69, 9.17) is 4.74 Å². The van der Waals surface area contributed by atoms with Crippen molar-refractivity contribution in [2.75, 3.05) is 51.3 Å². The van der Waals surface area contributed by atoms with Crippen molar-refractivity contribution >= 4 is 15.7 Å². The molecule has 2 aromatic rings. The van der Waals surface area contributed by atoms with Crippen molar-refractivity contribution in [3.63, 3.8) is 0 Å². The quantitative estimate of drug-likeness (QED) is 0.716. The number of aryl methyl sites for hydroxylation is 1. The van der Waals surface area contributed by atoms with E-state index in [1.165, 1.54) is 5.69 Å². The van der Waals surface area contributed by atoms with Crippen molar-refractivity contribution in [1.82, 2.24) is 9.62 Å². The number of hydrogen-bond donors (Lipinski definition) is 1. The zero-order valence-electron chi connectivity index (χ0n) is 17.5. The van der Waals surface area contributed by atoms with Crippen LogP contribution in [0.15, 0.2) is 47.4 Å². The highest BCUT2D eigenvalue weighted by Gasteiger charge is 2.16. The predicted octanol–water partition coefficient (Wildman–Crippen LogP) is 2.67. The number of nitrogens with one attached hydrogen (secondary N) is 1. The molecule has 0 aromatic heterocycles. The molecule has 2 aromatic carbocycles. The van der Waals surface area contributed by atoms with E-state index in [9.17, 15) is 8.42 Å². The molecule has 7 heteroatoms. The fraction of sp³-hybridized carbons (Fsp3) is 0.455. The maximum Gasteiger partial charge on any atom is 0.240 e. The Hall–Kier alpha value is -2.09. The lowest BCUT2D eigenvalue weighted by molar-refractivity contribution is 0.313. The summed E-state index contributed by atoms with van der Waals surface area (Å²) in [5, 5.41) is 0. The molecule has 1 N–H and O–H groups in total. The van der Waals surface area contributed by atoms with E-state index >= 15 is 0 Å². The van der Waals surface area contributed by atoms with E-state index in [1.54, 1.807) is 18.2 Å². The average Bonchev–Trinajstić information content (AvgIpc) is 2.71. The Morgan fingerprint density at radius 2 is 1.72 bits per heavy atom. The number of ether oxygens (including phenoxy) is 1. The summed E-state index contributed by atoms with van der Waals surface area (Å²) in [5.74, 6) is 0.715. The first-order chi connectivity index (χ1) is 13.9. The molecule has 0 unspecified atom stereocenters. The largest absolute Gasteiger partial charge is 0.494 e. The second kappa shape index (κ2) is 9.61. The van der Waals surface area contributed by atoms with Crippen LogP contribution >= 0.6 is 0 Å². The van der Waals surface area contributed by atoms with Gasteiger partial charge >= 0.3 is 0 Å². The lowest BCUT2D eigenvalue weighted by atomic mass is 10.1. The van der Waals surface area contributed by atoms with Crippen molar-refractivity contribution < 1.29 is 13.2 Å². The third-order valence-electron chi connectivity index (χ3n) is 5.27. The Kier molecular flexibility index (Phi) is 7.16. The Labute approximate surface area is 174 Å². The van der Waals surface area contributed by atoms with Gasteiger partial charge < -0.3 is 14.5 Å². The molecular weight excluding hydrogens is 386 g/mol. The van der Waals surface area contributed by atoms with Gasteiger partial charge in [-0.05, 0) is 68.8 Å². The fourth-order valence-electron chi connectivity index (χ4n) is 3.46. The highest BCUT2D eigenvalue weighted by Crippen LogP contribution is 2.22. The van der Waals surface area contributed by atoms with Gasteiger partial charge in [-0.2, -0.15) is 0 Å². The van der Waals surface area contributed by atoms with Gasteiger partial charge in [-0.15, -0.1) is 0 Å². The van der Waals surface area contributed by atoms with Gasteiger partial charge in [0.25, 0.3) is 0 Å². The summed E-state index contributed by atoms with van der Waals surface area (Å²) in [6.07, 6.45) is 0.651. The Balaban J connectivity index is 1.54. The number of benzene rings is 2. The number of sulfonamides is 1. The molecule has 0 atom stereocenters. The monoisotopic (exact) mass is 417 g/mol. The molecule has 158 valence electrons. The molecule has 0 bridgehead atoms. The molecule has 1 heterocycles. The van der Waals surface area contributed by atoms with Crippen LogP contribution < -0.4 is 14.4 Å². The summed E-state index contributed by atoms with van der Waals surface area (Å²) in [5.41, 5.74) is 3.16. The standard InChI is InChI=1S/C22H31N3O3S/c1-4-28-22-10-9-21(17-18(22)2)29(26,27)23-12-11-19-5-7-20(8-6-19)25-15-13-24(3)14-16-25/h5-10,17,23H,4,11-16H2,1-3H3. The Morgan fingerprint density at radius 3 is 2.34 bits per heavy atom. The summed E-state index contributed by atoms with van der Waals surface area (Å²) in [7, 11) is -1.38. The SMILES string of the molecule is CCOc1ccc(S(=O)(=O)NCCc2ccc(N3CCN(C)CC3)cc2)cc1C. The highest BCUT2D eigenvalue weighted by atomic mass is 32.2. The predicted molar refractivity (Wildman–Crippen MR) is 117 cm³/mol. The van der Waals surface area contributed by atoms with E-state index < -0.39 is 10.0 Å². The first kappa shape index (κ1) is 21.6. The third kappa shape index (κ3) is 5.72. The normalized spacial score (nSPS) is 15.5. The van der Waals surface area contributed by atoms with Crippen LogP contribution in [0.3, 0.4) is 0 Å². The van der Waals surface area contributed by atoms with Crippen molar-refractivity contribution in [3.8, 4) is 5.75 Å². The summed E-state index contributed by atoms with van der Waals surface area (Å²) in [4.78, 5) is 4.99. The summed E-state index contributed by atoms with van der Waals surface area (Å²) in [6.45, 7) is 8.91. The highest BCUT2D eigenvalue weighted by molar-refractivity contribution is 7.89. The average molecular weight is 418 g/mol. The summed E-state index contributed by atoms with van der Waals surface area (Å²) >= 11 is 0. The molecule has 6 nitrogen and oxygen atoms in total. The van der Waals surface area contributed by atoms with Gasteiger partial charge in [0.2, 0.25) is 10.0 Å². The van der Waals surface area contributed by atoms with Crippen molar-refractivity contribution in [1.29, 1.82) is 0 Å². The number of anilines is 1. The van der Waals surface area contributed by atoms with Gasteiger partial charge in [-0.3, -0.25) is 0 Å². The molecule has 1 aliphatic heterocycles. The molecular formula is C22H31N3O3S. The van der Waals surface area contributed by atoms with Crippen molar-refractivity contribution in [2.24, 2.45) is 0 Å². The van der Waals surface area contributed by atoms with Crippen LogP contribution in [0.4, 0.5) is 5.69 Å². The maximum absolute atomic E-state index is 12.6. The molecule has 3 rings (SSSR count). The molecule has 0 spiro atoms. The number of nitrogens with zero attached hydrogens (tertiary/aromatic N) is 2. The van der Waals surface area contributed by atoms with Crippen molar-refractivity contribution in [3.05, 3.63) is 53.6 Å². The molecule has 1 fully saturated rings. The van der Waals surface area contributed by atoms with Crippen LogP contribution in [0.5, 0.6) is 5.75 Å². The molecule has 1 aliphatic rings. The molecule has 1 saturated heterocycles. The van der Waals surface area contributed by atoms with Crippen LogP contribution in [0, 0.1) is 6.92 Å². The lowest BCUT2D eigenvalue weighted by Gasteiger charge is -2.34. The zero-order valence-corrected chi connectivity index (χ0v) is 18.3. The topological polar surface area (TPSA) is 61.9 Å². The van der Waals surface area contributed by atoms with E-state index in [0.29, 0.717) is 25.3 Å². The summed E-state index contributed by atoms with van der Waals surface area (Å²) < 4.78 is 33.3. The second-order valence-corrected chi connectivity index (χ2v) is 9.23. The second-order valence-electron chi connectivity index (χ2n) is 7.46. The van der Waals surface area contributed by atoms with Crippen LogP contribution in [0.25, 0.3) is 0 Å². The number of piperazine rings is 1. The van der Waals surface area contributed by atoms with Crippen LogP contribution in [-0.2, 0) is 16.4 Å². The zero-order chi connectivity index (χ0) is 20.9. The van der Waals surface area contributed by atoms with Crippen LogP contribution in [-0.4, -0.2) is 59.7 Å². The Bertz CT molecular complexity index is 905. The first-order valence-corrected chi connectivity index (χ1v) is 11.6. The van der Waals surface area contributed by atoms with Gasteiger partial charge in [0.05, 0.1) is 11.5 Å². The molecule has 0 saturated carbocycles. The van der Waals surface area contributed by atoms with E-state index in [1.807, 2.05) is 13.8 Å². The number of hydrogen-bond acceptors (Lipinski definition) is 5.